The van der Waals surface area contributed by atoms with Gasteiger partial charge in [0.2, 0.25) is 0 Å². The molecule has 0 aliphatic carbocycles. The first-order valence-electron chi connectivity index (χ1n) is 10.1. The van der Waals surface area contributed by atoms with Crippen LogP contribution in [0.5, 0.6) is 0 Å². The summed E-state index contributed by atoms with van der Waals surface area (Å²) in [6.45, 7) is 0.922. The van der Waals surface area contributed by atoms with Crippen LogP contribution in [0.2, 0.25) is 0 Å². The molecule has 1 atom stereocenters. The molecule has 2 aliphatic rings. The number of nitrogens with zero attached hydrogens (tertiary/aromatic N) is 2. The summed E-state index contributed by atoms with van der Waals surface area (Å²) in [7, 11) is 1.42. The van der Waals surface area contributed by atoms with Crippen LogP contribution in [-0.2, 0) is 39.6 Å². The number of carbonyl (C=O) groups excluding carboxylic acids is 2. The smallest absolute Gasteiger partial charge is 0.407 e. The van der Waals surface area contributed by atoms with Crippen molar-refractivity contribution >= 4 is 28.7 Å². The highest BCUT2D eigenvalue weighted by Crippen LogP contribution is 2.39. The first-order valence-corrected chi connectivity index (χ1v) is 10.1. The Bertz CT molecular complexity index is 1450. The van der Waals surface area contributed by atoms with Gasteiger partial charge in [0.25, 0.3) is 5.56 Å². The van der Waals surface area contributed by atoms with Gasteiger partial charge in [-0.25, -0.2) is 19.0 Å². The monoisotopic (exact) mass is 454 g/mol. The fourth-order valence-electron chi connectivity index (χ4n) is 4.33. The molecule has 2 aromatic heterocycles. The van der Waals surface area contributed by atoms with E-state index in [-0.39, 0.29) is 42.1 Å². The lowest BCUT2D eigenvalue weighted by atomic mass is 9.89. The van der Waals surface area contributed by atoms with Crippen molar-refractivity contribution in [3.05, 3.63) is 56.6 Å². The highest BCUT2D eigenvalue weighted by molar-refractivity contribution is 5.91. The summed E-state index contributed by atoms with van der Waals surface area (Å²) in [6.07, 6.45) is -0.668. The van der Waals surface area contributed by atoms with Gasteiger partial charge in [-0.05, 0) is 19.1 Å². The van der Waals surface area contributed by atoms with E-state index in [1.165, 1.54) is 36.7 Å². The quantitative estimate of drug-likeness (QED) is 0.303. The van der Waals surface area contributed by atoms with Crippen molar-refractivity contribution in [1.29, 1.82) is 0 Å². The third kappa shape index (κ3) is 2.96. The Hall–Kier alpha value is -3.99. The summed E-state index contributed by atoms with van der Waals surface area (Å²) >= 11 is 0. The number of benzene rings is 1. The molecule has 4 N–H and O–H groups in total. The Balaban J connectivity index is 1.78. The number of aromatic nitrogens is 2. The molecule has 1 amide bonds. The van der Waals surface area contributed by atoms with Crippen LogP contribution in [0.15, 0.2) is 23.0 Å². The maximum absolute atomic E-state index is 14.2. The third-order valence-corrected chi connectivity index (χ3v) is 6.10. The van der Waals surface area contributed by atoms with E-state index < -0.39 is 29.0 Å². The molecule has 33 heavy (non-hydrogen) atoms. The zero-order chi connectivity index (χ0) is 23.7. The van der Waals surface area contributed by atoms with Crippen LogP contribution in [0.1, 0.15) is 29.2 Å². The number of nitrogens with two attached hydrogens (primary N) is 1. The number of anilines is 1. The van der Waals surface area contributed by atoms with E-state index in [4.69, 9.17) is 15.2 Å². The molecule has 1 unspecified atom stereocenters. The molecule has 0 fully saturated rings. The van der Waals surface area contributed by atoms with E-state index in [9.17, 15) is 23.9 Å². The first-order chi connectivity index (χ1) is 15.6. The summed E-state index contributed by atoms with van der Waals surface area (Å²) in [4.78, 5) is 41.6. The number of halogens is 1. The normalized spacial score (nSPS) is 18.4. The van der Waals surface area contributed by atoms with Crippen molar-refractivity contribution in [3.63, 3.8) is 0 Å². The average Bonchev–Trinajstić information content (AvgIpc) is 3.14. The fraction of sp³-hybridized carbons (Fsp3) is 0.273. The molecule has 10 nitrogen and oxygen atoms in total. The van der Waals surface area contributed by atoms with Gasteiger partial charge in [0.15, 0.2) is 5.60 Å². The average molecular weight is 454 g/mol. The van der Waals surface area contributed by atoms with E-state index >= 15 is 0 Å². The molecule has 0 radical (unpaired) electrons. The van der Waals surface area contributed by atoms with E-state index in [1.807, 2.05) is 0 Å². The molecule has 5 rings (SSSR count). The number of nitrogens with one attached hydrogen (secondary N) is 1. The van der Waals surface area contributed by atoms with Gasteiger partial charge in [0.05, 0.1) is 34.7 Å². The standard InChI is InChI=1S/C22H19FN4O6/c1-22(31)13-4-17-18-10(6-27(17)19(28)12(13)8-32-20(22)29)11(7-33-21(30)25-2)9-3-15(24)14(23)5-16(9)26-18/h3-5,31H,6-8,24H2,1-2H3,(H,25,30). The molecule has 0 saturated heterocycles. The molecule has 170 valence electrons. The number of ether oxygens (including phenoxy) is 2. The summed E-state index contributed by atoms with van der Waals surface area (Å²) in [5.74, 6) is -1.53. The minimum atomic E-state index is -2.01. The Morgan fingerprint density at radius 2 is 2.12 bits per heavy atom. The molecular weight excluding hydrogens is 435 g/mol. The topological polar surface area (TPSA) is 146 Å². The third-order valence-electron chi connectivity index (χ3n) is 6.10. The molecular formula is C22H19FN4O6. The van der Waals surface area contributed by atoms with Gasteiger partial charge in [-0.3, -0.25) is 4.79 Å². The second-order valence-electron chi connectivity index (χ2n) is 8.10. The number of rotatable bonds is 2. The molecule has 11 heteroatoms. The van der Waals surface area contributed by atoms with Crippen molar-refractivity contribution in [1.82, 2.24) is 14.9 Å². The van der Waals surface area contributed by atoms with Crippen molar-refractivity contribution in [2.75, 3.05) is 12.8 Å². The highest BCUT2D eigenvalue weighted by atomic mass is 19.1. The van der Waals surface area contributed by atoms with Crippen LogP contribution in [-0.4, -0.2) is 33.8 Å². The lowest BCUT2D eigenvalue weighted by molar-refractivity contribution is -0.169. The molecule has 1 aromatic carbocycles. The van der Waals surface area contributed by atoms with Gasteiger partial charge >= 0.3 is 12.1 Å². The van der Waals surface area contributed by atoms with E-state index in [0.717, 1.165) is 0 Å². The van der Waals surface area contributed by atoms with Crippen molar-refractivity contribution in [3.8, 4) is 11.4 Å². The minimum Gasteiger partial charge on any atom is -0.458 e. The number of aliphatic hydroxyl groups is 1. The van der Waals surface area contributed by atoms with Gasteiger partial charge in [0, 0.05) is 35.2 Å². The largest absolute Gasteiger partial charge is 0.458 e. The van der Waals surface area contributed by atoms with Gasteiger partial charge < -0.3 is 30.2 Å². The van der Waals surface area contributed by atoms with Crippen molar-refractivity contribution in [2.24, 2.45) is 0 Å². The Labute approximate surface area is 185 Å². The SMILES string of the molecule is CNC(=O)OCc1c2c(nc3cc(F)c(N)cc13)-c1cc3c(c(=O)n1C2)COC(=O)C3(C)O. The lowest BCUT2D eigenvalue weighted by Gasteiger charge is -2.29. The number of cyclic esters (lactones) is 1. The van der Waals surface area contributed by atoms with E-state index in [0.29, 0.717) is 27.9 Å². The second kappa shape index (κ2) is 7.01. The molecule has 3 aromatic rings. The van der Waals surface area contributed by atoms with E-state index in [2.05, 4.69) is 10.3 Å². The molecule has 0 bridgehead atoms. The molecule has 4 heterocycles. The van der Waals surface area contributed by atoms with Crippen molar-refractivity contribution in [2.45, 2.75) is 32.3 Å². The highest BCUT2D eigenvalue weighted by Gasteiger charge is 2.43. The predicted octanol–water partition coefficient (Wildman–Crippen LogP) is 1.27. The zero-order valence-corrected chi connectivity index (χ0v) is 17.7. The number of carbonyl (C=O) groups is 2. The van der Waals surface area contributed by atoms with Crippen LogP contribution in [0.3, 0.4) is 0 Å². The number of hydrogen-bond acceptors (Lipinski definition) is 8. The van der Waals surface area contributed by atoms with Gasteiger partial charge in [0.1, 0.15) is 19.0 Å². The maximum atomic E-state index is 14.2. The van der Waals surface area contributed by atoms with Crippen LogP contribution in [0, 0.1) is 5.82 Å². The number of nitrogen functional groups attached to an aromatic ring is 1. The summed E-state index contributed by atoms with van der Waals surface area (Å²) in [5.41, 5.74) is 5.58. The molecule has 2 aliphatic heterocycles. The second-order valence-corrected chi connectivity index (χ2v) is 8.10. The summed E-state index contributed by atoms with van der Waals surface area (Å²) < 4.78 is 25.9. The lowest BCUT2D eigenvalue weighted by Crippen LogP contribution is -2.42. The van der Waals surface area contributed by atoms with Gasteiger partial charge in [-0.2, -0.15) is 0 Å². The number of fused-ring (bicyclic) bond motifs is 5. The summed E-state index contributed by atoms with van der Waals surface area (Å²) in [6, 6.07) is 4.11. The number of hydrogen-bond donors (Lipinski definition) is 3. The maximum Gasteiger partial charge on any atom is 0.407 e. The first kappa shape index (κ1) is 20.9. The number of esters is 1. The van der Waals surface area contributed by atoms with Gasteiger partial charge in [-0.15, -0.1) is 0 Å². The predicted molar refractivity (Wildman–Crippen MR) is 114 cm³/mol. The minimum absolute atomic E-state index is 0.0968. The molecule has 0 saturated carbocycles. The number of amides is 1. The fourth-order valence-corrected chi connectivity index (χ4v) is 4.33. The van der Waals surface area contributed by atoms with Crippen LogP contribution in [0.4, 0.5) is 14.9 Å². The number of pyridine rings is 2. The summed E-state index contributed by atoms with van der Waals surface area (Å²) in [5, 5.41) is 13.5. The molecule has 0 spiro atoms. The van der Waals surface area contributed by atoms with Crippen molar-refractivity contribution < 1.29 is 28.6 Å². The van der Waals surface area contributed by atoms with Crippen LogP contribution < -0.4 is 16.6 Å². The van der Waals surface area contributed by atoms with Gasteiger partial charge in [-0.1, -0.05) is 0 Å². The zero-order valence-electron chi connectivity index (χ0n) is 17.7. The Kier molecular flexibility index (Phi) is 4.43. The Morgan fingerprint density at radius 3 is 2.85 bits per heavy atom. The van der Waals surface area contributed by atoms with Crippen LogP contribution in [0.25, 0.3) is 22.3 Å². The Morgan fingerprint density at radius 1 is 1.36 bits per heavy atom. The van der Waals surface area contributed by atoms with E-state index in [1.54, 1.807) is 0 Å². The van der Waals surface area contributed by atoms with Crippen LogP contribution >= 0.6 is 0 Å². The number of alkyl carbamates (subject to hydrolysis) is 1.